The first kappa shape index (κ1) is 21.9. The molecular formula is C26H34N6O. The van der Waals surface area contributed by atoms with Crippen molar-refractivity contribution in [1.29, 1.82) is 0 Å². The first-order valence-corrected chi connectivity index (χ1v) is 12.4. The van der Waals surface area contributed by atoms with Crippen molar-refractivity contribution in [2.24, 2.45) is 5.92 Å². The molecule has 2 fully saturated rings. The highest BCUT2D eigenvalue weighted by Crippen LogP contribution is 2.31. The molecule has 1 aliphatic heterocycles. The topological polar surface area (TPSA) is 67.2 Å². The van der Waals surface area contributed by atoms with E-state index in [0.717, 1.165) is 85.9 Å². The molecule has 3 heterocycles. The molecule has 3 aromatic rings. The van der Waals surface area contributed by atoms with Crippen LogP contribution in [0.1, 0.15) is 56.1 Å². The van der Waals surface area contributed by atoms with E-state index >= 15 is 0 Å². The van der Waals surface area contributed by atoms with Crippen LogP contribution in [0.4, 0.5) is 5.82 Å². The average molecular weight is 447 g/mol. The highest BCUT2D eigenvalue weighted by atomic mass is 16.2. The Balaban J connectivity index is 1.48. The lowest BCUT2D eigenvalue weighted by Gasteiger charge is -2.25. The van der Waals surface area contributed by atoms with Crippen LogP contribution in [-0.2, 0) is 11.2 Å². The molecule has 7 nitrogen and oxygen atoms in total. The lowest BCUT2D eigenvalue weighted by atomic mass is 10.1. The zero-order valence-corrected chi connectivity index (χ0v) is 20.0. The van der Waals surface area contributed by atoms with Crippen LogP contribution in [0, 0.1) is 19.8 Å². The second kappa shape index (κ2) is 9.12. The van der Waals surface area contributed by atoms with Crippen LogP contribution in [0.15, 0.2) is 24.3 Å². The predicted octanol–water partition coefficient (Wildman–Crippen LogP) is 4.22. The van der Waals surface area contributed by atoms with Crippen LogP contribution in [0.5, 0.6) is 0 Å². The number of carbonyl (C=O) groups excluding carboxylic acids is 1. The number of nitrogens with zero attached hydrogens (tertiary/aromatic N) is 6. The van der Waals surface area contributed by atoms with Crippen LogP contribution < -0.4 is 4.90 Å². The standard InChI is InChI=1S/C26H34N6O/c1-4-22-27-24(30-14-7-15-31(17-16-30)26(33)20-8-5-6-9-20)23-19(3)29-32(25(23)28-22)21-12-10-18(2)11-13-21/h10-13,20H,4-9,14-17H2,1-3H3. The maximum absolute atomic E-state index is 13.0. The third kappa shape index (κ3) is 4.21. The fraction of sp³-hybridized carbons (Fsp3) is 0.538. The summed E-state index contributed by atoms with van der Waals surface area (Å²) in [5, 5.41) is 5.88. The Kier molecular flexibility index (Phi) is 6.04. The smallest absolute Gasteiger partial charge is 0.225 e. The molecule has 174 valence electrons. The second-order valence-electron chi connectivity index (χ2n) is 9.50. The summed E-state index contributed by atoms with van der Waals surface area (Å²) in [6.45, 7) is 9.50. The quantitative estimate of drug-likeness (QED) is 0.600. The molecule has 7 heteroatoms. The first-order valence-electron chi connectivity index (χ1n) is 12.4. The summed E-state index contributed by atoms with van der Waals surface area (Å²) in [7, 11) is 0. The van der Waals surface area contributed by atoms with Crippen LogP contribution in [-0.4, -0.2) is 56.7 Å². The Morgan fingerprint density at radius 2 is 1.73 bits per heavy atom. The normalized spacial score (nSPS) is 17.7. The van der Waals surface area contributed by atoms with Gasteiger partial charge in [-0.25, -0.2) is 14.6 Å². The Morgan fingerprint density at radius 3 is 2.45 bits per heavy atom. The Morgan fingerprint density at radius 1 is 0.970 bits per heavy atom. The second-order valence-corrected chi connectivity index (χ2v) is 9.50. The third-order valence-corrected chi connectivity index (χ3v) is 7.14. The van der Waals surface area contributed by atoms with E-state index in [4.69, 9.17) is 15.1 Å². The van der Waals surface area contributed by atoms with Gasteiger partial charge in [-0.3, -0.25) is 4.79 Å². The fourth-order valence-corrected chi connectivity index (χ4v) is 5.24. The minimum absolute atomic E-state index is 0.240. The Hall–Kier alpha value is -2.96. The van der Waals surface area contributed by atoms with Gasteiger partial charge in [0.05, 0.1) is 16.8 Å². The van der Waals surface area contributed by atoms with Crippen molar-refractivity contribution in [3.05, 3.63) is 41.3 Å². The van der Waals surface area contributed by atoms with Crippen molar-refractivity contribution in [2.75, 3.05) is 31.1 Å². The van der Waals surface area contributed by atoms with Gasteiger partial charge in [-0.15, -0.1) is 0 Å². The molecule has 1 amide bonds. The van der Waals surface area contributed by atoms with Crippen LogP contribution in [0.2, 0.25) is 0 Å². The largest absolute Gasteiger partial charge is 0.354 e. The lowest BCUT2D eigenvalue weighted by Crippen LogP contribution is -2.38. The van der Waals surface area contributed by atoms with Crippen molar-refractivity contribution < 1.29 is 4.79 Å². The first-order chi connectivity index (χ1) is 16.0. The maximum atomic E-state index is 13.0. The molecule has 2 aliphatic rings. The van der Waals surface area contributed by atoms with Crippen LogP contribution >= 0.6 is 0 Å². The number of amides is 1. The van der Waals surface area contributed by atoms with E-state index in [1.165, 1.54) is 18.4 Å². The summed E-state index contributed by atoms with van der Waals surface area (Å²) in [4.78, 5) is 27.3. The van der Waals surface area contributed by atoms with Gasteiger partial charge < -0.3 is 9.80 Å². The molecule has 0 spiro atoms. The van der Waals surface area contributed by atoms with Crippen molar-refractivity contribution in [1.82, 2.24) is 24.6 Å². The van der Waals surface area contributed by atoms with Crippen molar-refractivity contribution in [3.8, 4) is 5.69 Å². The minimum atomic E-state index is 0.240. The van der Waals surface area contributed by atoms with Gasteiger partial charge >= 0.3 is 0 Å². The van der Waals surface area contributed by atoms with E-state index < -0.39 is 0 Å². The molecule has 5 rings (SSSR count). The number of benzene rings is 1. The Bertz CT molecular complexity index is 1150. The molecule has 33 heavy (non-hydrogen) atoms. The molecular weight excluding hydrogens is 412 g/mol. The van der Waals surface area contributed by atoms with E-state index in [1.807, 2.05) is 11.6 Å². The number of fused-ring (bicyclic) bond motifs is 1. The summed E-state index contributed by atoms with van der Waals surface area (Å²) < 4.78 is 1.95. The lowest BCUT2D eigenvalue weighted by molar-refractivity contribution is -0.135. The zero-order chi connectivity index (χ0) is 22.9. The zero-order valence-electron chi connectivity index (χ0n) is 20.0. The van der Waals surface area contributed by atoms with E-state index in [2.05, 4.69) is 47.9 Å². The number of aryl methyl sites for hydroxylation is 3. The van der Waals surface area contributed by atoms with Gasteiger partial charge in [0.25, 0.3) is 0 Å². The SMILES string of the molecule is CCc1nc(N2CCCN(C(=O)C3CCCC3)CC2)c2c(C)nn(-c3ccc(C)cc3)c2n1. The van der Waals surface area contributed by atoms with Crippen molar-refractivity contribution >= 4 is 22.8 Å². The molecule has 1 saturated carbocycles. The monoisotopic (exact) mass is 446 g/mol. The summed E-state index contributed by atoms with van der Waals surface area (Å²) in [5.41, 5.74) is 4.03. The summed E-state index contributed by atoms with van der Waals surface area (Å²) in [6.07, 6.45) is 6.22. The molecule has 0 radical (unpaired) electrons. The molecule has 0 N–H and O–H groups in total. The van der Waals surface area contributed by atoms with E-state index in [-0.39, 0.29) is 5.92 Å². The maximum Gasteiger partial charge on any atom is 0.225 e. The highest BCUT2D eigenvalue weighted by Gasteiger charge is 2.29. The number of hydrogen-bond acceptors (Lipinski definition) is 5. The van der Waals surface area contributed by atoms with Gasteiger partial charge in [0.1, 0.15) is 11.6 Å². The summed E-state index contributed by atoms with van der Waals surface area (Å²) >= 11 is 0. The highest BCUT2D eigenvalue weighted by molar-refractivity contribution is 5.91. The number of carbonyl (C=O) groups is 1. The molecule has 1 aliphatic carbocycles. The van der Waals surface area contributed by atoms with Crippen LogP contribution in [0.3, 0.4) is 0 Å². The van der Waals surface area contributed by atoms with E-state index in [1.54, 1.807) is 0 Å². The average Bonchev–Trinajstić information content (AvgIpc) is 3.40. The summed E-state index contributed by atoms with van der Waals surface area (Å²) in [6, 6.07) is 8.39. The molecule has 1 aromatic carbocycles. The minimum Gasteiger partial charge on any atom is -0.354 e. The van der Waals surface area contributed by atoms with Gasteiger partial charge in [0.2, 0.25) is 5.91 Å². The molecule has 2 aromatic heterocycles. The predicted molar refractivity (Wildman–Crippen MR) is 131 cm³/mol. The summed E-state index contributed by atoms with van der Waals surface area (Å²) in [5.74, 6) is 2.39. The fourth-order valence-electron chi connectivity index (χ4n) is 5.24. The van der Waals surface area contributed by atoms with Gasteiger partial charge in [-0.05, 0) is 45.2 Å². The number of aromatic nitrogens is 4. The van der Waals surface area contributed by atoms with Gasteiger partial charge in [0.15, 0.2) is 5.65 Å². The van der Waals surface area contributed by atoms with E-state index in [0.29, 0.717) is 5.91 Å². The number of anilines is 1. The number of hydrogen-bond donors (Lipinski definition) is 0. The molecule has 0 atom stereocenters. The number of rotatable bonds is 4. The van der Waals surface area contributed by atoms with Gasteiger partial charge in [-0.1, -0.05) is 37.5 Å². The molecule has 1 saturated heterocycles. The van der Waals surface area contributed by atoms with Crippen molar-refractivity contribution in [2.45, 2.75) is 59.3 Å². The van der Waals surface area contributed by atoms with Gasteiger partial charge in [-0.2, -0.15) is 5.10 Å². The third-order valence-electron chi connectivity index (χ3n) is 7.14. The molecule has 0 bridgehead atoms. The van der Waals surface area contributed by atoms with E-state index in [9.17, 15) is 4.79 Å². The van der Waals surface area contributed by atoms with Crippen LogP contribution in [0.25, 0.3) is 16.7 Å². The van der Waals surface area contributed by atoms with Crippen molar-refractivity contribution in [3.63, 3.8) is 0 Å². The Labute approximate surface area is 195 Å². The molecule has 0 unspecified atom stereocenters. The van der Waals surface area contributed by atoms with Gasteiger partial charge in [0, 0.05) is 38.5 Å².